The van der Waals surface area contributed by atoms with Crippen molar-refractivity contribution in [3.63, 3.8) is 0 Å². The van der Waals surface area contributed by atoms with Gasteiger partial charge in [0.25, 0.3) is 0 Å². The SMILES string of the molecule is Cc1ccc(C=C(c2ccc(C)cc2)c2ccc(N(c3ccc(C)cc3)c3ccc4c5c6cccc7cccc(c8c(N(c9ccc(C)cc9)c9ccc(C(=Cc%10ccc(C)cc%10)c%10ccc(C)cc%10)cc9)ccc(c9c%10cccc%11cccc(c3c49)c%11%10)c85)c76)cc2)cc1. The van der Waals surface area contributed by atoms with Crippen molar-refractivity contribution in [2.45, 2.75) is 41.5 Å². The maximum atomic E-state index is 2.51. The first-order chi connectivity index (χ1) is 46.1. The van der Waals surface area contributed by atoms with Crippen molar-refractivity contribution in [3.05, 3.63) is 358 Å². The zero-order valence-electron chi connectivity index (χ0n) is 53.8. The molecule has 0 amide bonds. The number of rotatable bonds is 12. The second kappa shape index (κ2) is 22.7. The largest absolute Gasteiger partial charge is 0.310 e. The molecule has 17 aromatic carbocycles. The third kappa shape index (κ3) is 9.55. The summed E-state index contributed by atoms with van der Waals surface area (Å²) in [5.41, 5.74) is 23.4. The van der Waals surface area contributed by atoms with Crippen molar-refractivity contribution in [3.8, 4) is 0 Å². The topological polar surface area (TPSA) is 6.48 Å². The van der Waals surface area contributed by atoms with Gasteiger partial charge in [-0.25, -0.2) is 0 Å². The van der Waals surface area contributed by atoms with Gasteiger partial charge in [0.05, 0.1) is 11.4 Å². The second-order valence-corrected chi connectivity index (χ2v) is 26.0. The van der Waals surface area contributed by atoms with Crippen LogP contribution in [0.1, 0.15) is 66.8 Å². The van der Waals surface area contributed by atoms with Crippen molar-refractivity contribution in [2.24, 2.45) is 0 Å². The fourth-order valence-corrected chi connectivity index (χ4v) is 15.0. The third-order valence-corrected chi connectivity index (χ3v) is 19.7. The van der Waals surface area contributed by atoms with Crippen molar-refractivity contribution in [1.82, 2.24) is 0 Å². The monoisotopic (exact) mass is 1200 g/mol. The molecule has 0 spiro atoms. The highest BCUT2D eigenvalue weighted by atomic mass is 15.1. The van der Waals surface area contributed by atoms with Gasteiger partial charge in [-0.2, -0.15) is 0 Å². The molecular formula is C92H68N2. The van der Waals surface area contributed by atoms with E-state index in [1.807, 2.05) is 0 Å². The van der Waals surface area contributed by atoms with E-state index in [4.69, 9.17) is 0 Å². The fraction of sp³-hybridized carbons (Fsp3) is 0.0652. The second-order valence-electron chi connectivity index (χ2n) is 26.0. The standard InChI is InChI=1S/C92H68N2/c1-57-19-31-63(32-20-57)55-81(65-35-23-59(3)24-36-65)67-39-47-73(48-40-67)93(71-43-27-61(5)28-44-71)83-53-51-79-88-76-16-8-12-70-14-10-18-78(86(70)76)90-84(54-52-80(92(88)90)87-75-15-7-11-69-13-9-17-77(85(69)75)89(83)91(79)87)94(72-45-29-62(6)30-46-72)74-49-41-68(42-50-74)82(66-37-25-60(4)26-38-66)56-64-33-21-58(2)22-34-64/h7-56H,1-6H3. The van der Waals surface area contributed by atoms with Gasteiger partial charge in [-0.1, -0.05) is 264 Å². The van der Waals surface area contributed by atoms with Crippen molar-refractivity contribution >= 4 is 144 Å². The Morgan fingerprint density at radius 3 is 0.766 bits per heavy atom. The molecular weight excluding hydrogens is 1130 g/mol. The van der Waals surface area contributed by atoms with Crippen LogP contribution >= 0.6 is 0 Å². The van der Waals surface area contributed by atoms with Crippen LogP contribution in [-0.4, -0.2) is 0 Å². The van der Waals surface area contributed by atoms with Gasteiger partial charge in [0, 0.05) is 44.3 Å². The van der Waals surface area contributed by atoms with Gasteiger partial charge >= 0.3 is 0 Å². The van der Waals surface area contributed by atoms with Crippen molar-refractivity contribution in [1.29, 1.82) is 0 Å². The summed E-state index contributed by atoms with van der Waals surface area (Å²) >= 11 is 0. The molecule has 94 heavy (non-hydrogen) atoms. The molecule has 0 unspecified atom stereocenters. The van der Waals surface area contributed by atoms with Crippen LogP contribution in [0.5, 0.6) is 0 Å². The lowest BCUT2D eigenvalue weighted by atomic mass is 9.81. The zero-order chi connectivity index (χ0) is 63.3. The van der Waals surface area contributed by atoms with E-state index < -0.39 is 0 Å². The summed E-state index contributed by atoms with van der Waals surface area (Å²) in [5, 5.41) is 20.0. The van der Waals surface area contributed by atoms with Gasteiger partial charge in [0.15, 0.2) is 0 Å². The minimum atomic E-state index is 1.08. The molecule has 0 heterocycles. The van der Waals surface area contributed by atoms with Crippen LogP contribution in [0.2, 0.25) is 0 Å². The van der Waals surface area contributed by atoms with Crippen LogP contribution in [0, 0.1) is 41.5 Å². The Labute approximate surface area is 549 Å². The number of anilines is 6. The van der Waals surface area contributed by atoms with Crippen molar-refractivity contribution in [2.75, 3.05) is 9.80 Å². The number of benzene rings is 17. The molecule has 0 fully saturated rings. The van der Waals surface area contributed by atoms with E-state index in [0.717, 1.165) is 45.3 Å². The Bertz CT molecular complexity index is 5440. The number of nitrogens with zero attached hydrogens (tertiary/aromatic N) is 2. The maximum Gasteiger partial charge on any atom is 0.0546 e. The van der Waals surface area contributed by atoms with Gasteiger partial charge < -0.3 is 9.80 Å². The van der Waals surface area contributed by atoms with Crippen LogP contribution in [-0.2, 0) is 0 Å². The van der Waals surface area contributed by atoms with Crippen LogP contribution in [0.25, 0.3) is 109 Å². The normalized spacial score (nSPS) is 12.3. The van der Waals surface area contributed by atoms with Crippen LogP contribution in [0.15, 0.2) is 291 Å². The van der Waals surface area contributed by atoms with E-state index in [-0.39, 0.29) is 0 Å². The Hall–Kier alpha value is -11.6. The lowest BCUT2D eigenvalue weighted by Crippen LogP contribution is -2.12. The molecule has 0 aliphatic heterocycles. The highest BCUT2D eigenvalue weighted by Crippen LogP contribution is 2.56. The summed E-state index contributed by atoms with van der Waals surface area (Å²) < 4.78 is 0. The fourth-order valence-electron chi connectivity index (χ4n) is 15.0. The number of fused-ring (bicyclic) bond motifs is 6. The first kappa shape index (κ1) is 56.4. The Morgan fingerprint density at radius 1 is 0.213 bits per heavy atom. The van der Waals surface area contributed by atoms with E-state index in [1.165, 1.54) is 153 Å². The van der Waals surface area contributed by atoms with Crippen LogP contribution < -0.4 is 9.80 Å². The van der Waals surface area contributed by atoms with Crippen molar-refractivity contribution < 1.29 is 0 Å². The van der Waals surface area contributed by atoms with E-state index in [2.05, 4.69) is 355 Å². The van der Waals surface area contributed by atoms with Gasteiger partial charge in [0.1, 0.15) is 0 Å². The molecule has 2 nitrogen and oxygen atoms in total. The average Bonchev–Trinajstić information content (AvgIpc) is 0.676. The van der Waals surface area contributed by atoms with E-state index in [0.29, 0.717) is 0 Å². The summed E-state index contributed by atoms with van der Waals surface area (Å²) in [6, 6.07) is 110. The number of aryl methyl sites for hydroxylation is 6. The van der Waals surface area contributed by atoms with Crippen LogP contribution in [0.4, 0.5) is 34.1 Å². The third-order valence-electron chi connectivity index (χ3n) is 19.7. The Kier molecular flexibility index (Phi) is 13.6. The molecule has 0 radical (unpaired) electrons. The average molecular weight is 1200 g/mol. The highest BCUT2D eigenvalue weighted by molar-refractivity contribution is 6.49. The van der Waals surface area contributed by atoms with E-state index in [1.54, 1.807) is 0 Å². The summed E-state index contributed by atoms with van der Waals surface area (Å²) in [6.07, 6.45) is 4.67. The minimum Gasteiger partial charge on any atom is -0.310 e. The summed E-state index contributed by atoms with van der Waals surface area (Å²) in [4.78, 5) is 5.02. The molecule has 446 valence electrons. The molecule has 2 heteroatoms. The molecule has 0 atom stereocenters. The summed E-state index contributed by atoms with van der Waals surface area (Å²) in [7, 11) is 0. The molecule has 0 aromatic heterocycles. The van der Waals surface area contributed by atoms with Gasteiger partial charge in [-0.3, -0.25) is 0 Å². The van der Waals surface area contributed by atoms with Gasteiger partial charge in [-0.15, -0.1) is 0 Å². The number of hydrogen-bond acceptors (Lipinski definition) is 2. The molecule has 17 rings (SSSR count). The minimum absolute atomic E-state index is 1.08. The van der Waals surface area contributed by atoms with Gasteiger partial charge in [-0.05, 0) is 224 Å². The predicted octanol–water partition coefficient (Wildman–Crippen LogP) is 25.8. The summed E-state index contributed by atoms with van der Waals surface area (Å²) in [5.74, 6) is 0. The Morgan fingerprint density at radius 2 is 0.457 bits per heavy atom. The summed E-state index contributed by atoms with van der Waals surface area (Å²) in [6.45, 7) is 13.0. The van der Waals surface area contributed by atoms with Crippen LogP contribution in [0.3, 0.4) is 0 Å². The molecule has 0 bridgehead atoms. The first-order valence-corrected chi connectivity index (χ1v) is 32.9. The first-order valence-electron chi connectivity index (χ1n) is 32.9. The quantitative estimate of drug-likeness (QED) is 0.0683. The molecule has 17 aromatic rings. The zero-order valence-corrected chi connectivity index (χ0v) is 53.8. The molecule has 0 aliphatic carbocycles. The van der Waals surface area contributed by atoms with E-state index in [9.17, 15) is 0 Å². The number of hydrogen-bond donors (Lipinski definition) is 0. The maximum absolute atomic E-state index is 2.51. The molecule has 0 saturated heterocycles. The highest BCUT2D eigenvalue weighted by Gasteiger charge is 2.29. The molecule has 0 saturated carbocycles. The molecule has 0 N–H and O–H groups in total. The van der Waals surface area contributed by atoms with E-state index >= 15 is 0 Å². The smallest absolute Gasteiger partial charge is 0.0546 e. The lowest BCUT2D eigenvalue weighted by molar-refractivity contribution is 1.29. The molecule has 0 aliphatic rings. The predicted molar refractivity (Wildman–Crippen MR) is 406 cm³/mol. The lowest BCUT2D eigenvalue weighted by Gasteiger charge is -2.31. The van der Waals surface area contributed by atoms with Gasteiger partial charge in [0.2, 0.25) is 0 Å². The Balaban J connectivity index is 0.930.